The number of aromatic hydroxyl groups is 1. The summed E-state index contributed by atoms with van der Waals surface area (Å²) in [4.78, 5) is 24.2. The van der Waals surface area contributed by atoms with Gasteiger partial charge in [0.05, 0.1) is 6.54 Å². The summed E-state index contributed by atoms with van der Waals surface area (Å²) in [5.41, 5.74) is 5.01. The maximum absolute atomic E-state index is 11.5. The van der Waals surface area contributed by atoms with Crippen molar-refractivity contribution in [2.75, 3.05) is 32.7 Å². The number of carbonyl (C=O) groups is 2. The molecule has 0 spiro atoms. The Balaban J connectivity index is 1.90. The van der Waals surface area contributed by atoms with E-state index in [9.17, 15) is 19.8 Å². The van der Waals surface area contributed by atoms with E-state index < -0.39 is 24.7 Å². The molecule has 0 saturated carbocycles. The zero-order valence-corrected chi connectivity index (χ0v) is 14.8. The van der Waals surface area contributed by atoms with Crippen LogP contribution in [-0.2, 0) is 11.2 Å². The summed E-state index contributed by atoms with van der Waals surface area (Å²) in [6.45, 7) is 2.61. The van der Waals surface area contributed by atoms with Gasteiger partial charge in [0, 0.05) is 26.2 Å². The third kappa shape index (κ3) is 6.10. The SMILES string of the molecule is NC(=O)CNCCN1CC(Oc2ccc(CCB(O)O)c(O)c2C(=O)O)C1. The van der Waals surface area contributed by atoms with Crippen molar-refractivity contribution in [2.45, 2.75) is 18.8 Å². The molecule has 1 saturated heterocycles. The standard InChI is InChI=1S/C16H24BN3O7/c18-13(21)7-19-5-6-20-8-11(9-20)27-12-2-1-10(3-4-17(25)26)15(22)14(12)16(23)24/h1-2,11,19,22,25-26H,3-9H2,(H2,18,21)(H,23,24). The number of aryl methyl sites for hydroxylation is 1. The molecule has 0 radical (unpaired) electrons. The minimum atomic E-state index is -1.54. The molecule has 0 aliphatic carbocycles. The summed E-state index contributed by atoms with van der Waals surface area (Å²) in [6, 6.07) is 2.99. The lowest BCUT2D eigenvalue weighted by molar-refractivity contribution is -0.117. The highest BCUT2D eigenvalue weighted by atomic mass is 16.5. The number of nitrogens with two attached hydrogens (primary N) is 1. The van der Waals surface area contributed by atoms with Crippen molar-refractivity contribution in [3.63, 3.8) is 0 Å². The van der Waals surface area contributed by atoms with Crippen LogP contribution in [0.25, 0.3) is 0 Å². The van der Waals surface area contributed by atoms with Crippen molar-refractivity contribution in [3.05, 3.63) is 23.3 Å². The Bertz CT molecular complexity index is 680. The van der Waals surface area contributed by atoms with E-state index >= 15 is 0 Å². The lowest BCUT2D eigenvalue weighted by Crippen LogP contribution is -2.55. The van der Waals surface area contributed by atoms with Crippen LogP contribution in [0.15, 0.2) is 12.1 Å². The van der Waals surface area contributed by atoms with Gasteiger partial charge in [-0.2, -0.15) is 0 Å². The van der Waals surface area contributed by atoms with Crippen molar-refractivity contribution in [3.8, 4) is 11.5 Å². The largest absolute Gasteiger partial charge is 0.507 e. The zero-order chi connectivity index (χ0) is 20.0. The molecule has 10 nitrogen and oxygen atoms in total. The summed E-state index contributed by atoms with van der Waals surface area (Å²) >= 11 is 0. The molecule has 0 atom stereocenters. The molecule has 0 aromatic heterocycles. The Morgan fingerprint density at radius 2 is 2.04 bits per heavy atom. The molecule has 1 heterocycles. The number of phenols is 1. The minimum Gasteiger partial charge on any atom is -0.507 e. The average molecular weight is 381 g/mol. The van der Waals surface area contributed by atoms with Gasteiger partial charge in [-0.15, -0.1) is 0 Å². The molecule has 1 aromatic rings. The summed E-state index contributed by atoms with van der Waals surface area (Å²) in [6.07, 6.45) is -0.0999. The smallest absolute Gasteiger partial charge is 0.451 e. The number of primary amides is 1. The molecule has 1 aromatic carbocycles. The van der Waals surface area contributed by atoms with Crippen LogP contribution < -0.4 is 15.8 Å². The second-order valence-electron chi connectivity index (χ2n) is 6.41. The molecular weight excluding hydrogens is 357 g/mol. The van der Waals surface area contributed by atoms with E-state index in [1.165, 1.54) is 12.1 Å². The van der Waals surface area contributed by atoms with Crippen molar-refractivity contribution < 1.29 is 34.6 Å². The fourth-order valence-corrected chi connectivity index (χ4v) is 2.81. The summed E-state index contributed by atoms with van der Waals surface area (Å²) < 4.78 is 5.70. The lowest BCUT2D eigenvalue weighted by atomic mass is 9.82. The number of benzene rings is 1. The number of carboxylic acid groups (broad SMARTS) is 1. The average Bonchev–Trinajstić information content (AvgIpc) is 2.54. The molecule has 0 bridgehead atoms. The number of nitrogens with zero attached hydrogens (tertiary/aromatic N) is 1. The van der Waals surface area contributed by atoms with Crippen LogP contribution in [0.1, 0.15) is 15.9 Å². The Labute approximate surface area is 156 Å². The van der Waals surface area contributed by atoms with Gasteiger partial charge in [-0.05, 0) is 24.4 Å². The van der Waals surface area contributed by atoms with Crippen LogP contribution in [-0.4, -0.2) is 83.0 Å². The van der Waals surface area contributed by atoms with Gasteiger partial charge < -0.3 is 36.0 Å². The Morgan fingerprint density at radius 1 is 1.33 bits per heavy atom. The molecule has 1 amide bonds. The fraction of sp³-hybridized carbons (Fsp3) is 0.500. The van der Waals surface area contributed by atoms with E-state index in [0.717, 1.165) is 0 Å². The maximum Gasteiger partial charge on any atom is 0.451 e. The zero-order valence-electron chi connectivity index (χ0n) is 14.8. The molecule has 0 unspecified atom stereocenters. The maximum atomic E-state index is 11.5. The Kier molecular flexibility index (Phi) is 7.42. The van der Waals surface area contributed by atoms with Gasteiger partial charge in [-0.1, -0.05) is 6.07 Å². The Morgan fingerprint density at radius 3 is 2.63 bits per heavy atom. The number of nitrogens with one attached hydrogen (secondary N) is 1. The number of ether oxygens (including phenoxy) is 1. The van der Waals surface area contributed by atoms with E-state index in [2.05, 4.69) is 10.2 Å². The minimum absolute atomic E-state index is 0.0196. The first-order chi connectivity index (χ1) is 12.8. The lowest BCUT2D eigenvalue weighted by Gasteiger charge is -2.39. The van der Waals surface area contributed by atoms with Gasteiger partial charge >= 0.3 is 13.1 Å². The Hall–Kier alpha value is -2.34. The van der Waals surface area contributed by atoms with E-state index in [-0.39, 0.29) is 36.7 Å². The normalized spacial score (nSPS) is 14.6. The van der Waals surface area contributed by atoms with Gasteiger partial charge in [0.25, 0.3) is 0 Å². The van der Waals surface area contributed by atoms with Crippen molar-refractivity contribution in [1.82, 2.24) is 10.2 Å². The first-order valence-electron chi connectivity index (χ1n) is 8.60. The van der Waals surface area contributed by atoms with Gasteiger partial charge in [-0.25, -0.2) is 4.79 Å². The van der Waals surface area contributed by atoms with Crippen molar-refractivity contribution in [1.29, 1.82) is 0 Å². The monoisotopic (exact) mass is 381 g/mol. The highest BCUT2D eigenvalue weighted by Gasteiger charge is 2.30. The fourth-order valence-electron chi connectivity index (χ4n) is 2.81. The topological polar surface area (TPSA) is 166 Å². The molecular formula is C16H24BN3O7. The number of hydrogen-bond donors (Lipinski definition) is 6. The molecule has 27 heavy (non-hydrogen) atoms. The number of carbonyl (C=O) groups excluding carboxylic acids is 1. The molecule has 1 aliphatic heterocycles. The van der Waals surface area contributed by atoms with Gasteiger partial charge in [0.15, 0.2) is 0 Å². The summed E-state index contributed by atoms with van der Waals surface area (Å²) in [5.74, 6) is -2.09. The van der Waals surface area contributed by atoms with Gasteiger partial charge in [-0.3, -0.25) is 9.69 Å². The van der Waals surface area contributed by atoms with E-state index in [4.69, 9.17) is 20.5 Å². The van der Waals surface area contributed by atoms with Crippen LogP contribution in [0.3, 0.4) is 0 Å². The third-order valence-electron chi connectivity index (χ3n) is 4.23. The predicted molar refractivity (Wildman–Crippen MR) is 96.7 cm³/mol. The second kappa shape index (κ2) is 9.56. The van der Waals surface area contributed by atoms with Crippen LogP contribution in [0.2, 0.25) is 6.32 Å². The number of hydrogen-bond acceptors (Lipinski definition) is 8. The molecule has 11 heteroatoms. The van der Waals surface area contributed by atoms with E-state index in [1.54, 1.807) is 0 Å². The second-order valence-corrected chi connectivity index (χ2v) is 6.41. The first kappa shape index (κ1) is 21.0. The number of carboxylic acids is 1. The molecule has 1 aliphatic rings. The van der Waals surface area contributed by atoms with Gasteiger partial charge in [0.1, 0.15) is 23.2 Å². The van der Waals surface area contributed by atoms with Crippen LogP contribution in [0.5, 0.6) is 11.5 Å². The van der Waals surface area contributed by atoms with E-state index in [1.807, 2.05) is 0 Å². The third-order valence-corrected chi connectivity index (χ3v) is 4.23. The molecule has 1 fully saturated rings. The number of aromatic carboxylic acids is 1. The van der Waals surface area contributed by atoms with Crippen molar-refractivity contribution in [2.24, 2.45) is 5.73 Å². The first-order valence-corrected chi connectivity index (χ1v) is 8.60. The van der Waals surface area contributed by atoms with Crippen molar-refractivity contribution >= 4 is 19.0 Å². The van der Waals surface area contributed by atoms with E-state index in [0.29, 0.717) is 31.7 Å². The highest BCUT2D eigenvalue weighted by molar-refractivity contribution is 6.41. The van der Waals surface area contributed by atoms with Crippen LogP contribution >= 0.6 is 0 Å². The molecule has 7 N–H and O–H groups in total. The molecule has 148 valence electrons. The molecule has 2 rings (SSSR count). The number of likely N-dealkylation sites (tertiary alicyclic amines) is 1. The highest BCUT2D eigenvalue weighted by Crippen LogP contribution is 2.33. The van der Waals surface area contributed by atoms with Crippen LogP contribution in [0, 0.1) is 0 Å². The summed E-state index contributed by atoms with van der Waals surface area (Å²) in [5, 5.41) is 40.4. The van der Waals surface area contributed by atoms with Crippen LogP contribution in [0.4, 0.5) is 0 Å². The number of amides is 1. The number of rotatable bonds is 11. The summed E-state index contributed by atoms with van der Waals surface area (Å²) in [7, 11) is -1.54. The quantitative estimate of drug-likeness (QED) is 0.192. The van der Waals surface area contributed by atoms with Gasteiger partial charge in [0.2, 0.25) is 5.91 Å². The predicted octanol–water partition coefficient (Wildman–Crippen LogP) is -1.76.